The molecule has 0 aromatic carbocycles. The van der Waals surface area contributed by atoms with E-state index in [1.54, 1.807) is 18.0 Å². The molecule has 1 atom stereocenters. The van der Waals surface area contributed by atoms with Crippen molar-refractivity contribution in [2.45, 2.75) is 25.4 Å². The van der Waals surface area contributed by atoms with Crippen molar-refractivity contribution in [3.8, 4) is 0 Å². The summed E-state index contributed by atoms with van der Waals surface area (Å²) >= 11 is 1.54. The second-order valence-corrected chi connectivity index (χ2v) is 6.44. The molecule has 1 aromatic heterocycles. The molecule has 114 valence electrons. The van der Waals surface area contributed by atoms with E-state index >= 15 is 0 Å². The fourth-order valence-electron chi connectivity index (χ4n) is 3.08. The molecule has 1 aromatic rings. The smallest absolute Gasteiger partial charge is 0.232 e. The fraction of sp³-hybridized carbons (Fsp3) is 0.643. The number of fused-ring (bicyclic) bond motifs is 1. The van der Waals surface area contributed by atoms with Crippen molar-refractivity contribution in [2.24, 2.45) is 0 Å². The van der Waals surface area contributed by atoms with Gasteiger partial charge in [-0.05, 0) is 18.7 Å². The lowest BCUT2D eigenvalue weighted by molar-refractivity contribution is -0.131. The van der Waals surface area contributed by atoms with E-state index in [-0.39, 0.29) is 17.9 Å². The van der Waals surface area contributed by atoms with Crippen LogP contribution in [0.15, 0.2) is 12.3 Å². The highest BCUT2D eigenvalue weighted by Gasteiger charge is 2.31. The van der Waals surface area contributed by atoms with Gasteiger partial charge in [0.25, 0.3) is 0 Å². The maximum Gasteiger partial charge on any atom is 0.232 e. The van der Waals surface area contributed by atoms with Crippen molar-refractivity contribution in [3.63, 3.8) is 0 Å². The van der Waals surface area contributed by atoms with Gasteiger partial charge in [0.15, 0.2) is 0 Å². The van der Waals surface area contributed by atoms with Crippen LogP contribution in [0.1, 0.15) is 24.6 Å². The van der Waals surface area contributed by atoms with Gasteiger partial charge in [0.05, 0.1) is 24.0 Å². The molecule has 2 aliphatic rings. The number of nitrogens with zero attached hydrogens (tertiary/aromatic N) is 4. The van der Waals surface area contributed by atoms with Crippen LogP contribution in [0.2, 0.25) is 0 Å². The first kappa shape index (κ1) is 14.4. The third kappa shape index (κ3) is 2.92. The highest BCUT2D eigenvalue weighted by atomic mass is 32.2. The lowest BCUT2D eigenvalue weighted by Gasteiger charge is -2.35. The first-order chi connectivity index (χ1) is 10.2. The molecule has 0 spiro atoms. The average molecular weight is 308 g/mol. The van der Waals surface area contributed by atoms with Gasteiger partial charge >= 0.3 is 0 Å². The SMILES string of the molecule is CSCC(=O)N1Cc2ccnn2[C@H](CN2CCCC2=O)C1. The van der Waals surface area contributed by atoms with Crippen molar-refractivity contribution in [2.75, 3.05) is 31.6 Å². The molecule has 0 radical (unpaired) electrons. The summed E-state index contributed by atoms with van der Waals surface area (Å²) < 4.78 is 1.98. The Morgan fingerprint density at radius 3 is 3.10 bits per heavy atom. The number of aromatic nitrogens is 2. The summed E-state index contributed by atoms with van der Waals surface area (Å²) in [6.45, 7) is 2.73. The number of thioether (sulfide) groups is 1. The molecule has 0 aliphatic carbocycles. The predicted octanol–water partition coefficient (Wildman–Crippen LogP) is 0.752. The number of hydrogen-bond donors (Lipinski definition) is 0. The van der Waals surface area contributed by atoms with Gasteiger partial charge in [-0.25, -0.2) is 0 Å². The molecular weight excluding hydrogens is 288 g/mol. The molecule has 0 bridgehead atoms. The summed E-state index contributed by atoms with van der Waals surface area (Å²) in [6, 6.07) is 2.02. The standard InChI is InChI=1S/C14H20N4O2S/c1-21-10-14(20)17-7-11-4-5-15-18(11)12(9-17)8-16-6-2-3-13(16)19/h4-5,12H,2-3,6-10H2,1H3/t12-/m1/s1. The number of likely N-dealkylation sites (tertiary alicyclic amines) is 1. The van der Waals surface area contributed by atoms with E-state index in [0.29, 0.717) is 31.8 Å². The zero-order valence-corrected chi connectivity index (χ0v) is 13.0. The Balaban J connectivity index is 1.76. The molecular formula is C14H20N4O2S. The highest BCUT2D eigenvalue weighted by molar-refractivity contribution is 7.99. The van der Waals surface area contributed by atoms with Crippen LogP contribution in [0.3, 0.4) is 0 Å². The second-order valence-electron chi connectivity index (χ2n) is 5.57. The van der Waals surface area contributed by atoms with Crippen LogP contribution in [0, 0.1) is 0 Å². The Hall–Kier alpha value is -1.50. The Morgan fingerprint density at radius 2 is 2.38 bits per heavy atom. The molecule has 0 unspecified atom stereocenters. The van der Waals surface area contributed by atoms with E-state index in [1.165, 1.54) is 0 Å². The minimum Gasteiger partial charge on any atom is -0.340 e. The Morgan fingerprint density at radius 1 is 1.52 bits per heavy atom. The topological polar surface area (TPSA) is 58.4 Å². The Bertz CT molecular complexity index is 545. The maximum absolute atomic E-state index is 12.2. The summed E-state index contributed by atoms with van der Waals surface area (Å²) in [6.07, 6.45) is 5.30. The van der Waals surface area contributed by atoms with E-state index < -0.39 is 0 Å². The Kier molecular flexibility index (Phi) is 4.19. The van der Waals surface area contributed by atoms with Gasteiger partial charge in [-0.15, -0.1) is 0 Å². The minimum atomic E-state index is 0.0663. The third-order valence-corrected chi connectivity index (χ3v) is 4.64. The van der Waals surface area contributed by atoms with E-state index in [9.17, 15) is 9.59 Å². The summed E-state index contributed by atoms with van der Waals surface area (Å²) in [4.78, 5) is 27.8. The van der Waals surface area contributed by atoms with E-state index in [4.69, 9.17) is 0 Å². The van der Waals surface area contributed by atoms with Gasteiger partial charge in [0.2, 0.25) is 11.8 Å². The number of carbonyl (C=O) groups excluding carboxylic acids is 2. The van der Waals surface area contributed by atoms with Crippen molar-refractivity contribution in [3.05, 3.63) is 18.0 Å². The fourth-order valence-corrected chi connectivity index (χ4v) is 3.51. The van der Waals surface area contributed by atoms with Gasteiger partial charge in [0, 0.05) is 32.3 Å². The number of hydrogen-bond acceptors (Lipinski definition) is 4. The quantitative estimate of drug-likeness (QED) is 0.824. The predicted molar refractivity (Wildman–Crippen MR) is 80.9 cm³/mol. The normalized spacial score (nSPS) is 21.8. The van der Waals surface area contributed by atoms with E-state index in [2.05, 4.69) is 5.10 Å². The molecule has 0 saturated carbocycles. The number of rotatable bonds is 4. The lowest BCUT2D eigenvalue weighted by Crippen LogP contribution is -2.46. The Labute approximate surface area is 128 Å². The van der Waals surface area contributed by atoms with Gasteiger partial charge in [-0.1, -0.05) is 0 Å². The molecule has 1 saturated heterocycles. The molecule has 7 heteroatoms. The number of amides is 2. The minimum absolute atomic E-state index is 0.0663. The van der Waals surface area contributed by atoms with Crippen LogP contribution in [0.5, 0.6) is 0 Å². The summed E-state index contributed by atoms with van der Waals surface area (Å²) in [5.74, 6) is 0.882. The van der Waals surface area contributed by atoms with Gasteiger partial charge < -0.3 is 9.80 Å². The van der Waals surface area contributed by atoms with Gasteiger partial charge in [-0.3, -0.25) is 14.3 Å². The van der Waals surface area contributed by atoms with Crippen LogP contribution in [-0.4, -0.2) is 63.0 Å². The van der Waals surface area contributed by atoms with Crippen LogP contribution in [-0.2, 0) is 16.1 Å². The molecule has 2 aliphatic heterocycles. The molecule has 3 heterocycles. The first-order valence-corrected chi connectivity index (χ1v) is 8.65. The van der Waals surface area contributed by atoms with Crippen LogP contribution >= 0.6 is 11.8 Å². The van der Waals surface area contributed by atoms with Crippen molar-refractivity contribution in [1.82, 2.24) is 19.6 Å². The zero-order valence-electron chi connectivity index (χ0n) is 12.2. The summed E-state index contributed by atoms with van der Waals surface area (Å²) in [5.41, 5.74) is 1.05. The molecule has 21 heavy (non-hydrogen) atoms. The molecule has 1 fully saturated rings. The van der Waals surface area contributed by atoms with Crippen LogP contribution < -0.4 is 0 Å². The second kappa shape index (κ2) is 6.09. The van der Waals surface area contributed by atoms with Gasteiger partial charge in [0.1, 0.15) is 0 Å². The van der Waals surface area contributed by atoms with Crippen LogP contribution in [0.25, 0.3) is 0 Å². The van der Waals surface area contributed by atoms with Crippen molar-refractivity contribution >= 4 is 23.6 Å². The monoisotopic (exact) mass is 308 g/mol. The van der Waals surface area contributed by atoms with Crippen LogP contribution in [0.4, 0.5) is 0 Å². The maximum atomic E-state index is 12.2. The average Bonchev–Trinajstić information content (AvgIpc) is 3.08. The lowest BCUT2D eigenvalue weighted by atomic mass is 10.1. The molecule has 0 N–H and O–H groups in total. The van der Waals surface area contributed by atoms with E-state index in [0.717, 1.165) is 18.7 Å². The third-order valence-electron chi connectivity index (χ3n) is 4.11. The van der Waals surface area contributed by atoms with E-state index in [1.807, 2.05) is 26.8 Å². The molecule has 6 nitrogen and oxygen atoms in total. The number of carbonyl (C=O) groups is 2. The largest absolute Gasteiger partial charge is 0.340 e. The highest BCUT2D eigenvalue weighted by Crippen LogP contribution is 2.23. The van der Waals surface area contributed by atoms with Crippen molar-refractivity contribution in [1.29, 1.82) is 0 Å². The summed E-state index contributed by atoms with van der Waals surface area (Å²) in [5, 5.41) is 4.38. The zero-order chi connectivity index (χ0) is 14.8. The molecule has 2 amide bonds. The summed E-state index contributed by atoms with van der Waals surface area (Å²) in [7, 11) is 0. The van der Waals surface area contributed by atoms with Crippen molar-refractivity contribution < 1.29 is 9.59 Å². The first-order valence-electron chi connectivity index (χ1n) is 7.26. The molecule has 3 rings (SSSR count). The van der Waals surface area contributed by atoms with Gasteiger partial charge in [-0.2, -0.15) is 16.9 Å².